The minimum absolute atomic E-state index is 0.132. The predicted octanol–water partition coefficient (Wildman–Crippen LogP) is 0.233. The lowest BCUT2D eigenvalue weighted by molar-refractivity contribution is -0.143. The van der Waals surface area contributed by atoms with Crippen molar-refractivity contribution in [1.29, 1.82) is 0 Å². The van der Waals surface area contributed by atoms with Gasteiger partial charge in [0, 0.05) is 12.3 Å². The van der Waals surface area contributed by atoms with E-state index in [2.05, 4.69) is 0 Å². The molecule has 21 heavy (non-hydrogen) atoms. The molecule has 120 valence electrons. The number of hydrogen-bond acceptors (Lipinski definition) is 6. The van der Waals surface area contributed by atoms with E-state index in [1.165, 1.54) is 0 Å². The SMILES string of the molecule is CC1(C)OCC(CS(=O)(=O)C[C@@H]2C(=O)CC[C@H]2C(=O)O)O1. The Morgan fingerprint density at radius 3 is 2.57 bits per heavy atom. The predicted molar refractivity (Wildman–Crippen MR) is 72.4 cm³/mol. The summed E-state index contributed by atoms with van der Waals surface area (Å²) in [6.45, 7) is 3.56. The second-order valence-electron chi connectivity index (χ2n) is 6.08. The third-order valence-electron chi connectivity index (χ3n) is 3.86. The molecule has 0 bridgehead atoms. The number of ether oxygens (including phenoxy) is 2. The number of ketones is 1. The summed E-state index contributed by atoms with van der Waals surface area (Å²) in [6, 6.07) is 0. The Morgan fingerprint density at radius 2 is 2.05 bits per heavy atom. The van der Waals surface area contributed by atoms with Crippen LogP contribution in [-0.4, -0.2) is 55.3 Å². The molecule has 2 aliphatic rings. The molecule has 1 saturated carbocycles. The van der Waals surface area contributed by atoms with Crippen molar-refractivity contribution < 1.29 is 32.6 Å². The van der Waals surface area contributed by atoms with Crippen LogP contribution in [0, 0.1) is 11.8 Å². The Balaban J connectivity index is 2.00. The standard InChI is InChI=1S/C13H20O7S/c1-13(2)19-5-8(20-13)6-21(17,18)7-10-9(12(15)16)3-4-11(10)14/h8-10H,3-7H2,1-2H3,(H,15,16)/t8?,9-,10+/m1/s1. The molecule has 8 heteroatoms. The Morgan fingerprint density at radius 1 is 1.38 bits per heavy atom. The second-order valence-corrected chi connectivity index (χ2v) is 8.24. The zero-order valence-electron chi connectivity index (χ0n) is 12.1. The highest BCUT2D eigenvalue weighted by Gasteiger charge is 2.43. The first-order valence-corrected chi connectivity index (χ1v) is 8.69. The number of hydrogen-bond donors (Lipinski definition) is 1. The molecule has 1 saturated heterocycles. The van der Waals surface area contributed by atoms with Crippen molar-refractivity contribution in [2.24, 2.45) is 11.8 Å². The molecule has 2 fully saturated rings. The van der Waals surface area contributed by atoms with Crippen LogP contribution in [0.15, 0.2) is 0 Å². The molecular weight excluding hydrogens is 300 g/mol. The summed E-state index contributed by atoms with van der Waals surface area (Å²) in [4.78, 5) is 22.8. The highest BCUT2D eigenvalue weighted by Crippen LogP contribution is 2.31. The van der Waals surface area contributed by atoms with Gasteiger partial charge in [-0.2, -0.15) is 0 Å². The summed E-state index contributed by atoms with van der Waals surface area (Å²) >= 11 is 0. The molecule has 1 N–H and O–H groups in total. The van der Waals surface area contributed by atoms with Gasteiger partial charge >= 0.3 is 5.97 Å². The summed E-state index contributed by atoms with van der Waals surface area (Å²) in [5, 5.41) is 9.06. The minimum atomic E-state index is -3.59. The smallest absolute Gasteiger partial charge is 0.307 e. The molecule has 1 unspecified atom stereocenters. The van der Waals surface area contributed by atoms with E-state index in [-0.39, 0.29) is 31.0 Å². The van der Waals surface area contributed by atoms with E-state index in [1.54, 1.807) is 13.8 Å². The van der Waals surface area contributed by atoms with Gasteiger partial charge < -0.3 is 14.6 Å². The van der Waals surface area contributed by atoms with Crippen LogP contribution < -0.4 is 0 Å². The summed E-state index contributed by atoms with van der Waals surface area (Å²) in [5.74, 6) is -4.73. The summed E-state index contributed by atoms with van der Waals surface area (Å²) in [5.41, 5.74) is 0. The molecule has 0 radical (unpaired) electrons. The van der Waals surface area contributed by atoms with Gasteiger partial charge in [0.15, 0.2) is 15.6 Å². The van der Waals surface area contributed by atoms with E-state index >= 15 is 0 Å². The van der Waals surface area contributed by atoms with Crippen LogP contribution in [0.2, 0.25) is 0 Å². The summed E-state index contributed by atoms with van der Waals surface area (Å²) in [7, 11) is -3.59. The first-order valence-electron chi connectivity index (χ1n) is 6.87. The molecule has 0 aromatic rings. The highest BCUT2D eigenvalue weighted by molar-refractivity contribution is 7.91. The van der Waals surface area contributed by atoms with Crippen LogP contribution in [0.4, 0.5) is 0 Å². The van der Waals surface area contributed by atoms with Crippen molar-refractivity contribution in [1.82, 2.24) is 0 Å². The summed E-state index contributed by atoms with van der Waals surface area (Å²) in [6.07, 6.45) is -0.234. The maximum absolute atomic E-state index is 12.2. The molecule has 0 amide bonds. The number of rotatable bonds is 5. The zero-order chi connectivity index (χ0) is 15.8. The van der Waals surface area contributed by atoms with Crippen molar-refractivity contribution in [2.75, 3.05) is 18.1 Å². The van der Waals surface area contributed by atoms with Gasteiger partial charge in [0.25, 0.3) is 0 Å². The third-order valence-corrected chi connectivity index (χ3v) is 5.61. The molecule has 1 aliphatic carbocycles. The Bertz CT molecular complexity index is 537. The van der Waals surface area contributed by atoms with Crippen LogP contribution in [0.1, 0.15) is 26.7 Å². The fourth-order valence-corrected chi connectivity index (χ4v) is 4.72. The molecule has 1 heterocycles. The first kappa shape index (κ1) is 16.4. The van der Waals surface area contributed by atoms with Gasteiger partial charge in [-0.1, -0.05) is 0 Å². The van der Waals surface area contributed by atoms with E-state index in [0.717, 1.165) is 0 Å². The van der Waals surface area contributed by atoms with Crippen molar-refractivity contribution in [3.63, 3.8) is 0 Å². The average Bonchev–Trinajstić information content (AvgIpc) is 2.82. The molecule has 7 nitrogen and oxygen atoms in total. The van der Waals surface area contributed by atoms with Crippen molar-refractivity contribution in [3.8, 4) is 0 Å². The zero-order valence-corrected chi connectivity index (χ0v) is 12.9. The molecular formula is C13H20O7S. The minimum Gasteiger partial charge on any atom is -0.481 e. The number of carboxylic acid groups (broad SMARTS) is 1. The lowest BCUT2D eigenvalue weighted by Crippen LogP contribution is -2.34. The van der Waals surface area contributed by atoms with E-state index in [1.807, 2.05) is 0 Å². The van der Waals surface area contributed by atoms with Gasteiger partial charge in [0.2, 0.25) is 0 Å². The fraction of sp³-hybridized carbons (Fsp3) is 0.846. The maximum Gasteiger partial charge on any atom is 0.307 e. The maximum atomic E-state index is 12.2. The van der Waals surface area contributed by atoms with Gasteiger partial charge in [0.05, 0.1) is 30.1 Å². The number of Topliss-reactive ketones (excluding diaryl/α,β-unsaturated/α-hetero) is 1. The third kappa shape index (κ3) is 4.02. The van der Waals surface area contributed by atoms with E-state index in [0.29, 0.717) is 0 Å². The molecule has 0 aromatic heterocycles. The number of carboxylic acids is 1. The Labute approximate surface area is 123 Å². The van der Waals surface area contributed by atoms with Crippen LogP contribution in [-0.2, 0) is 28.9 Å². The average molecular weight is 320 g/mol. The molecule has 2 rings (SSSR count). The first-order chi connectivity index (χ1) is 9.60. The van der Waals surface area contributed by atoms with E-state index in [4.69, 9.17) is 14.6 Å². The lowest BCUT2D eigenvalue weighted by atomic mass is 9.98. The summed E-state index contributed by atoms with van der Waals surface area (Å²) < 4.78 is 35.1. The van der Waals surface area contributed by atoms with Gasteiger partial charge in [-0.05, 0) is 20.3 Å². The van der Waals surface area contributed by atoms with Gasteiger partial charge in [-0.3, -0.25) is 9.59 Å². The Kier molecular flexibility index (Phi) is 4.41. The van der Waals surface area contributed by atoms with E-state index < -0.39 is 45.3 Å². The topological polar surface area (TPSA) is 107 Å². The van der Waals surface area contributed by atoms with Gasteiger partial charge in [0.1, 0.15) is 5.78 Å². The van der Waals surface area contributed by atoms with Crippen LogP contribution in [0.5, 0.6) is 0 Å². The monoisotopic (exact) mass is 320 g/mol. The highest BCUT2D eigenvalue weighted by atomic mass is 32.2. The van der Waals surface area contributed by atoms with Crippen molar-refractivity contribution in [3.05, 3.63) is 0 Å². The quantitative estimate of drug-likeness (QED) is 0.772. The van der Waals surface area contributed by atoms with Gasteiger partial charge in [-0.25, -0.2) is 8.42 Å². The normalized spacial score (nSPS) is 32.5. The second kappa shape index (κ2) is 5.66. The van der Waals surface area contributed by atoms with E-state index in [9.17, 15) is 18.0 Å². The fourth-order valence-electron chi connectivity index (χ4n) is 2.88. The van der Waals surface area contributed by atoms with Crippen LogP contribution >= 0.6 is 0 Å². The largest absolute Gasteiger partial charge is 0.481 e. The number of carbonyl (C=O) groups excluding carboxylic acids is 1. The van der Waals surface area contributed by atoms with Crippen molar-refractivity contribution in [2.45, 2.75) is 38.6 Å². The number of carbonyl (C=O) groups is 2. The van der Waals surface area contributed by atoms with Gasteiger partial charge in [-0.15, -0.1) is 0 Å². The number of sulfone groups is 1. The number of aliphatic carboxylic acids is 1. The Hall–Kier alpha value is -0.990. The van der Waals surface area contributed by atoms with Crippen LogP contribution in [0.25, 0.3) is 0 Å². The lowest BCUT2D eigenvalue weighted by Gasteiger charge is -2.18. The molecule has 0 aromatic carbocycles. The van der Waals surface area contributed by atoms with Crippen molar-refractivity contribution >= 4 is 21.6 Å². The molecule has 0 spiro atoms. The molecule has 1 aliphatic heterocycles. The van der Waals surface area contributed by atoms with Crippen LogP contribution in [0.3, 0.4) is 0 Å². The molecule has 3 atom stereocenters.